The molecule has 0 aliphatic carbocycles. The lowest BCUT2D eigenvalue weighted by Gasteiger charge is -2.38. The smallest absolute Gasteiger partial charge is 0.215 e. The van der Waals surface area contributed by atoms with Gasteiger partial charge in [0.1, 0.15) is 0 Å². The van der Waals surface area contributed by atoms with Crippen molar-refractivity contribution in [3.05, 3.63) is 0 Å². The van der Waals surface area contributed by atoms with Crippen LogP contribution in [0.15, 0.2) is 0 Å². The molecule has 0 fully saturated rings. The van der Waals surface area contributed by atoms with E-state index in [9.17, 15) is 23.8 Å². The maximum Gasteiger partial charge on any atom is 0.399 e. The Morgan fingerprint density at radius 2 is 1.40 bits per heavy atom. The molecule has 0 radical (unpaired) electrons. The van der Waals surface area contributed by atoms with Gasteiger partial charge in [-0.3, -0.25) is 0 Å². The van der Waals surface area contributed by atoms with Crippen LogP contribution in [0, 0.1) is 0 Å². The van der Waals surface area contributed by atoms with E-state index in [1.54, 1.807) is 0 Å². The van der Waals surface area contributed by atoms with Gasteiger partial charge in [-0.1, -0.05) is 19.4 Å². The highest BCUT2D eigenvalue weighted by atomic mass is 32.5. The summed E-state index contributed by atoms with van der Waals surface area (Å²) in [7, 11) is -9.98. The van der Waals surface area contributed by atoms with Crippen molar-refractivity contribution in [1.82, 2.24) is 0 Å². The lowest BCUT2D eigenvalue weighted by Crippen LogP contribution is -2.14. The van der Waals surface area contributed by atoms with Crippen LogP contribution in [0.4, 0.5) is 23.8 Å². The van der Waals surface area contributed by atoms with Crippen molar-refractivity contribution in [2.45, 2.75) is 13.3 Å². The van der Waals surface area contributed by atoms with Gasteiger partial charge in [0.25, 0.3) is 0 Å². The molecule has 0 heterocycles. The van der Waals surface area contributed by atoms with Crippen molar-refractivity contribution >= 4 is 10.5 Å². The number of alkyl halides is 1. The first kappa shape index (κ1) is 9.89. The number of hydrogen-bond donors (Lipinski definition) is 0. The molecule has 0 aromatic heterocycles. The highest BCUT2D eigenvalue weighted by molar-refractivity contribution is 8.42. The van der Waals surface area contributed by atoms with Gasteiger partial charge in [-0.15, -0.1) is 0 Å². The molecule has 1 nitrogen and oxygen atoms in total. The van der Waals surface area contributed by atoms with E-state index < -0.39 is 16.9 Å². The van der Waals surface area contributed by atoms with E-state index in [0.717, 1.165) is 0 Å². The molecule has 0 amide bonds. The molecule has 0 N–H and O–H groups in total. The highest BCUT2D eigenvalue weighted by Gasteiger charge is 2.67. The zero-order valence-corrected chi connectivity index (χ0v) is 5.48. The normalized spacial score (nSPS) is 23.1. The van der Waals surface area contributed by atoms with E-state index >= 15 is 0 Å². The number of hydrogen-bond acceptors (Lipinski definition) is 1. The van der Waals surface area contributed by atoms with Crippen LogP contribution in [0.3, 0.4) is 0 Å². The Morgan fingerprint density at radius 1 is 1.10 bits per heavy atom. The van der Waals surface area contributed by atoms with Gasteiger partial charge >= 0.3 is 10.5 Å². The van der Waals surface area contributed by atoms with Crippen molar-refractivity contribution in [3.63, 3.8) is 0 Å². The van der Waals surface area contributed by atoms with Crippen LogP contribution in [0.1, 0.15) is 6.92 Å². The molecule has 0 aromatic rings. The summed E-state index contributed by atoms with van der Waals surface area (Å²) in [5.41, 5.74) is 0. The molecule has 1 atom stereocenters. The fourth-order valence-electron chi connectivity index (χ4n) is 0.251. The van der Waals surface area contributed by atoms with Gasteiger partial charge in [0, 0.05) is 0 Å². The summed E-state index contributed by atoms with van der Waals surface area (Å²) in [5.74, 6) is 0. The maximum absolute atomic E-state index is 11.3. The first-order valence-electron chi connectivity index (χ1n) is 1.97. The van der Waals surface area contributed by atoms with E-state index in [2.05, 4.69) is 0 Å². The van der Waals surface area contributed by atoms with Crippen LogP contribution >= 0.6 is 10.5 Å². The predicted molar refractivity (Wildman–Crippen MR) is 24.8 cm³/mol. The van der Waals surface area contributed by atoms with Gasteiger partial charge in [-0.05, 0) is 6.92 Å². The van der Waals surface area contributed by atoms with Gasteiger partial charge in [0.15, 0.2) is 0 Å². The van der Waals surface area contributed by atoms with Crippen LogP contribution in [0.2, 0.25) is 0 Å². The average Bonchev–Trinajstić information content (AvgIpc) is 1.12. The largest absolute Gasteiger partial charge is 0.399 e. The Kier molecular flexibility index (Phi) is 1.53. The van der Waals surface area contributed by atoms with E-state index in [-0.39, 0.29) is 6.92 Å². The van der Waals surface area contributed by atoms with E-state index in [1.807, 2.05) is 4.18 Å². The molecule has 1 unspecified atom stereocenters. The number of halogens is 6. The molecular formula is C2H4F6OS. The zero-order valence-electron chi connectivity index (χ0n) is 4.66. The Labute approximate surface area is 52.9 Å². The molecule has 0 spiro atoms. The van der Waals surface area contributed by atoms with Gasteiger partial charge in [-0.2, -0.15) is 0 Å². The quantitative estimate of drug-likeness (QED) is 0.605. The Bertz CT molecular complexity index is 130. The third kappa shape index (κ3) is 7.89. The first-order chi connectivity index (χ1) is 3.89. The third-order valence-electron chi connectivity index (χ3n) is 0.314. The van der Waals surface area contributed by atoms with Gasteiger partial charge in [-0.25, -0.2) is 8.57 Å². The Morgan fingerprint density at radius 3 is 1.40 bits per heavy atom. The second-order valence-corrected chi connectivity index (χ2v) is 3.53. The first-order valence-corrected chi connectivity index (χ1v) is 3.85. The zero-order chi connectivity index (χ0) is 8.69. The topological polar surface area (TPSA) is 9.23 Å². The molecule has 0 saturated carbocycles. The summed E-state index contributed by atoms with van der Waals surface area (Å²) >= 11 is 0. The van der Waals surface area contributed by atoms with Crippen LogP contribution in [-0.4, -0.2) is 6.36 Å². The number of rotatable bonds is 2. The van der Waals surface area contributed by atoms with Crippen molar-refractivity contribution in [1.29, 1.82) is 0 Å². The minimum absolute atomic E-state index is 0.220. The standard InChI is InChI=1S/C2H4F6OS/c1-2(3)9-10(4,5,6,7)8/h2H,1H3. The Hall–Kier alpha value is -0.110. The summed E-state index contributed by atoms with van der Waals surface area (Å²) in [4.78, 5) is 0. The highest BCUT2D eigenvalue weighted by Crippen LogP contribution is 2.98. The van der Waals surface area contributed by atoms with E-state index in [1.165, 1.54) is 0 Å². The van der Waals surface area contributed by atoms with Crippen molar-refractivity contribution in [2.75, 3.05) is 0 Å². The van der Waals surface area contributed by atoms with Crippen LogP contribution in [-0.2, 0) is 4.18 Å². The summed E-state index contributed by atoms with van der Waals surface area (Å²) in [5, 5.41) is 0. The molecule has 0 aliphatic rings. The third-order valence-corrected chi connectivity index (χ3v) is 0.943. The van der Waals surface area contributed by atoms with E-state index in [0.29, 0.717) is 0 Å². The van der Waals surface area contributed by atoms with Crippen LogP contribution < -0.4 is 0 Å². The summed E-state index contributed by atoms with van der Waals surface area (Å²) in [6.07, 6.45) is -3.04. The lowest BCUT2D eigenvalue weighted by atomic mass is 10.8. The summed E-state index contributed by atoms with van der Waals surface area (Å²) < 4.78 is 68.2. The maximum atomic E-state index is 11.3. The second kappa shape index (κ2) is 1.55. The van der Waals surface area contributed by atoms with Crippen LogP contribution in [0.25, 0.3) is 0 Å². The molecule has 0 aliphatic heterocycles. The SMILES string of the molecule is CC(F)OS(F)(F)(F)(F)F. The lowest BCUT2D eigenvalue weighted by molar-refractivity contribution is 0.0264. The van der Waals surface area contributed by atoms with Crippen molar-refractivity contribution in [3.8, 4) is 0 Å². The predicted octanol–water partition coefficient (Wildman–Crippen LogP) is 3.53. The molecular weight excluding hydrogens is 186 g/mol. The molecule has 10 heavy (non-hydrogen) atoms. The average molecular weight is 190 g/mol. The fourth-order valence-corrected chi connectivity index (χ4v) is 0.752. The molecule has 0 aromatic carbocycles. The molecule has 0 saturated heterocycles. The van der Waals surface area contributed by atoms with Crippen molar-refractivity contribution < 1.29 is 28.0 Å². The second-order valence-electron chi connectivity index (χ2n) is 1.54. The Balaban J connectivity index is 4.43. The van der Waals surface area contributed by atoms with E-state index in [4.69, 9.17) is 0 Å². The van der Waals surface area contributed by atoms with Crippen molar-refractivity contribution in [2.24, 2.45) is 0 Å². The van der Waals surface area contributed by atoms with Gasteiger partial charge < -0.3 is 0 Å². The summed E-state index contributed by atoms with van der Waals surface area (Å²) in [6.45, 7) is 0.220. The molecule has 8 heteroatoms. The molecule has 0 rings (SSSR count). The minimum Gasteiger partial charge on any atom is -0.215 e. The van der Waals surface area contributed by atoms with Crippen LogP contribution in [0.5, 0.6) is 0 Å². The monoisotopic (exact) mass is 190 g/mol. The summed E-state index contributed by atoms with van der Waals surface area (Å²) in [6, 6.07) is 0. The molecule has 66 valence electrons. The van der Waals surface area contributed by atoms with Gasteiger partial charge in [0.05, 0.1) is 0 Å². The van der Waals surface area contributed by atoms with Gasteiger partial charge in [0.2, 0.25) is 6.36 Å². The minimum atomic E-state index is -9.98. The molecule has 0 bridgehead atoms. The fraction of sp³-hybridized carbons (Fsp3) is 1.00.